The van der Waals surface area contributed by atoms with E-state index in [0.29, 0.717) is 0 Å². The minimum atomic E-state index is 0.728. The molecule has 0 radical (unpaired) electrons. The number of hydrogen-bond acceptors (Lipinski definition) is 2. The molecule has 2 aromatic carbocycles. The van der Waals surface area contributed by atoms with E-state index in [-0.39, 0.29) is 0 Å². The van der Waals surface area contributed by atoms with Crippen LogP contribution in [0.15, 0.2) is 54.6 Å². The molecule has 4 heteroatoms. The van der Waals surface area contributed by atoms with E-state index >= 15 is 0 Å². The van der Waals surface area contributed by atoms with Crippen LogP contribution in [0.1, 0.15) is 11.3 Å². The van der Waals surface area contributed by atoms with Gasteiger partial charge in [-0.2, -0.15) is 5.10 Å². The molecule has 3 nitrogen and oxygen atoms in total. The van der Waals surface area contributed by atoms with Crippen LogP contribution in [-0.2, 0) is 13.0 Å². The second kappa shape index (κ2) is 5.59. The standard InChI is InChI=1S/C18H16ClN3/c19-15-8-4-5-9-17(15)22-16-10-11-20-12-14(16)18(21-22)13-6-2-1-3-7-13/h1-9,20H,10-12H2. The largest absolute Gasteiger partial charge is 0.312 e. The highest BCUT2D eigenvalue weighted by molar-refractivity contribution is 6.32. The zero-order chi connectivity index (χ0) is 14.9. The molecule has 0 aliphatic carbocycles. The van der Waals surface area contributed by atoms with E-state index in [2.05, 4.69) is 17.4 Å². The van der Waals surface area contributed by atoms with Gasteiger partial charge < -0.3 is 5.32 Å². The van der Waals surface area contributed by atoms with Crippen molar-refractivity contribution in [3.8, 4) is 16.9 Å². The summed E-state index contributed by atoms with van der Waals surface area (Å²) in [5.41, 5.74) is 5.67. The molecule has 1 N–H and O–H groups in total. The molecule has 22 heavy (non-hydrogen) atoms. The van der Waals surface area contributed by atoms with Crippen LogP contribution >= 0.6 is 11.6 Å². The van der Waals surface area contributed by atoms with E-state index < -0.39 is 0 Å². The van der Waals surface area contributed by atoms with Gasteiger partial charge in [0.15, 0.2) is 0 Å². The van der Waals surface area contributed by atoms with Crippen molar-refractivity contribution in [3.63, 3.8) is 0 Å². The number of aromatic nitrogens is 2. The number of halogens is 1. The van der Waals surface area contributed by atoms with Gasteiger partial charge in [0.05, 0.1) is 22.1 Å². The quantitative estimate of drug-likeness (QED) is 0.779. The van der Waals surface area contributed by atoms with Gasteiger partial charge in [-0.25, -0.2) is 4.68 Å². The monoisotopic (exact) mass is 309 g/mol. The van der Waals surface area contributed by atoms with Crippen molar-refractivity contribution in [1.82, 2.24) is 15.1 Å². The lowest BCUT2D eigenvalue weighted by Crippen LogP contribution is -2.24. The zero-order valence-electron chi connectivity index (χ0n) is 12.1. The lowest BCUT2D eigenvalue weighted by atomic mass is 10.0. The minimum Gasteiger partial charge on any atom is -0.312 e. The summed E-state index contributed by atoms with van der Waals surface area (Å²) in [5.74, 6) is 0. The van der Waals surface area contributed by atoms with E-state index in [1.54, 1.807) is 0 Å². The molecule has 0 amide bonds. The van der Waals surface area contributed by atoms with Crippen molar-refractivity contribution in [1.29, 1.82) is 0 Å². The average molecular weight is 310 g/mol. The molecule has 3 aromatic rings. The fourth-order valence-electron chi connectivity index (χ4n) is 3.00. The number of nitrogens with zero attached hydrogens (tertiary/aromatic N) is 2. The van der Waals surface area contributed by atoms with Crippen LogP contribution in [0.5, 0.6) is 0 Å². The molecule has 0 saturated carbocycles. The van der Waals surface area contributed by atoms with Crippen LogP contribution in [0, 0.1) is 0 Å². The maximum absolute atomic E-state index is 6.38. The van der Waals surface area contributed by atoms with Gasteiger partial charge in [0.25, 0.3) is 0 Å². The number of para-hydroxylation sites is 1. The third-order valence-electron chi connectivity index (χ3n) is 4.06. The van der Waals surface area contributed by atoms with Crippen molar-refractivity contribution >= 4 is 11.6 Å². The van der Waals surface area contributed by atoms with E-state index in [0.717, 1.165) is 41.5 Å². The molecular formula is C18H16ClN3. The Bertz CT molecular complexity index is 808. The summed E-state index contributed by atoms with van der Waals surface area (Å²) >= 11 is 6.38. The summed E-state index contributed by atoms with van der Waals surface area (Å²) < 4.78 is 2.01. The second-order valence-electron chi connectivity index (χ2n) is 5.43. The molecule has 110 valence electrons. The fraction of sp³-hybridized carbons (Fsp3) is 0.167. The summed E-state index contributed by atoms with van der Waals surface area (Å²) in [7, 11) is 0. The van der Waals surface area contributed by atoms with Crippen LogP contribution < -0.4 is 5.32 Å². The van der Waals surface area contributed by atoms with E-state index in [9.17, 15) is 0 Å². The zero-order valence-corrected chi connectivity index (χ0v) is 12.8. The van der Waals surface area contributed by atoms with E-state index in [1.807, 2.05) is 47.1 Å². The molecule has 0 fully saturated rings. The first kappa shape index (κ1) is 13.6. The first-order valence-corrected chi connectivity index (χ1v) is 7.84. The van der Waals surface area contributed by atoms with Gasteiger partial charge in [0.1, 0.15) is 0 Å². The highest BCUT2D eigenvalue weighted by atomic mass is 35.5. The molecule has 0 bridgehead atoms. The summed E-state index contributed by atoms with van der Waals surface area (Å²) in [4.78, 5) is 0. The Kier molecular flexibility index (Phi) is 3.45. The van der Waals surface area contributed by atoms with Crippen molar-refractivity contribution in [2.24, 2.45) is 0 Å². The molecule has 0 spiro atoms. The van der Waals surface area contributed by atoms with E-state index in [4.69, 9.17) is 16.7 Å². The van der Waals surface area contributed by atoms with Crippen molar-refractivity contribution in [3.05, 3.63) is 70.9 Å². The first-order valence-electron chi connectivity index (χ1n) is 7.46. The summed E-state index contributed by atoms with van der Waals surface area (Å²) in [5, 5.41) is 9.06. The Labute approximate surface area is 134 Å². The molecule has 1 aliphatic heterocycles. The van der Waals surface area contributed by atoms with Gasteiger partial charge >= 0.3 is 0 Å². The van der Waals surface area contributed by atoms with Crippen LogP contribution in [0.25, 0.3) is 16.9 Å². The summed E-state index contributed by atoms with van der Waals surface area (Å²) in [6.45, 7) is 1.82. The maximum atomic E-state index is 6.38. The Morgan fingerprint density at radius 2 is 1.77 bits per heavy atom. The van der Waals surface area contributed by atoms with Crippen molar-refractivity contribution in [2.45, 2.75) is 13.0 Å². The Hall–Kier alpha value is -2.10. The Morgan fingerprint density at radius 3 is 2.59 bits per heavy atom. The third-order valence-corrected chi connectivity index (χ3v) is 4.38. The third kappa shape index (κ3) is 2.23. The molecule has 0 saturated heterocycles. The molecule has 4 rings (SSSR count). The SMILES string of the molecule is Clc1ccccc1-n1nc(-c2ccccc2)c2c1CCNC2. The van der Waals surface area contributed by atoms with Crippen molar-refractivity contribution < 1.29 is 0 Å². The molecule has 2 heterocycles. The fourth-order valence-corrected chi connectivity index (χ4v) is 3.21. The summed E-state index contributed by atoms with van der Waals surface area (Å²) in [6, 6.07) is 18.2. The number of nitrogens with one attached hydrogen (secondary N) is 1. The molecule has 1 aliphatic rings. The van der Waals surface area contributed by atoms with Crippen LogP contribution in [0.4, 0.5) is 0 Å². The van der Waals surface area contributed by atoms with Crippen LogP contribution in [-0.4, -0.2) is 16.3 Å². The molecular weight excluding hydrogens is 294 g/mol. The van der Waals surface area contributed by atoms with Gasteiger partial charge in [0, 0.05) is 30.6 Å². The normalized spacial score (nSPS) is 13.9. The van der Waals surface area contributed by atoms with Crippen LogP contribution in [0.3, 0.4) is 0 Å². The average Bonchev–Trinajstić information content (AvgIpc) is 2.96. The highest BCUT2D eigenvalue weighted by Crippen LogP contribution is 2.31. The van der Waals surface area contributed by atoms with Gasteiger partial charge in [-0.3, -0.25) is 0 Å². The Balaban J connectivity index is 1.94. The number of benzene rings is 2. The smallest absolute Gasteiger partial charge is 0.0975 e. The molecule has 0 atom stereocenters. The predicted octanol–water partition coefficient (Wildman–Crippen LogP) is 3.84. The first-order chi connectivity index (χ1) is 10.8. The second-order valence-corrected chi connectivity index (χ2v) is 5.84. The summed E-state index contributed by atoms with van der Waals surface area (Å²) in [6.07, 6.45) is 0.959. The van der Waals surface area contributed by atoms with Gasteiger partial charge in [-0.05, 0) is 12.1 Å². The van der Waals surface area contributed by atoms with Crippen LogP contribution in [0.2, 0.25) is 5.02 Å². The predicted molar refractivity (Wildman–Crippen MR) is 89.4 cm³/mol. The minimum absolute atomic E-state index is 0.728. The number of hydrogen-bond donors (Lipinski definition) is 1. The van der Waals surface area contributed by atoms with Gasteiger partial charge in [-0.15, -0.1) is 0 Å². The van der Waals surface area contributed by atoms with Gasteiger partial charge in [-0.1, -0.05) is 54.1 Å². The molecule has 0 unspecified atom stereocenters. The van der Waals surface area contributed by atoms with Crippen molar-refractivity contribution in [2.75, 3.05) is 6.54 Å². The molecule has 1 aromatic heterocycles. The van der Waals surface area contributed by atoms with Gasteiger partial charge in [0.2, 0.25) is 0 Å². The Morgan fingerprint density at radius 1 is 1.00 bits per heavy atom. The topological polar surface area (TPSA) is 29.9 Å². The highest BCUT2D eigenvalue weighted by Gasteiger charge is 2.22. The van der Waals surface area contributed by atoms with E-state index in [1.165, 1.54) is 11.3 Å². The number of rotatable bonds is 2. The lowest BCUT2D eigenvalue weighted by molar-refractivity contribution is 0.623. The lowest BCUT2D eigenvalue weighted by Gasteiger charge is -2.16. The number of fused-ring (bicyclic) bond motifs is 1. The maximum Gasteiger partial charge on any atom is 0.0975 e.